The van der Waals surface area contributed by atoms with Crippen molar-refractivity contribution in [2.45, 2.75) is 18.2 Å². The maximum atomic E-state index is 13.5. The minimum absolute atomic E-state index is 0.0480. The highest BCUT2D eigenvalue weighted by molar-refractivity contribution is 7.93. The molecule has 0 unspecified atom stereocenters. The van der Waals surface area contributed by atoms with Gasteiger partial charge in [0.2, 0.25) is 0 Å². The molecule has 3 aromatic carbocycles. The summed E-state index contributed by atoms with van der Waals surface area (Å²) in [6.45, 7) is 1.61. The summed E-state index contributed by atoms with van der Waals surface area (Å²) in [6.07, 6.45) is 1.86. The van der Waals surface area contributed by atoms with Crippen LogP contribution in [0.5, 0.6) is 0 Å². The lowest BCUT2D eigenvalue weighted by Gasteiger charge is -2.13. The van der Waals surface area contributed by atoms with E-state index in [-0.39, 0.29) is 23.7 Å². The van der Waals surface area contributed by atoms with Gasteiger partial charge in [-0.15, -0.1) is 0 Å². The summed E-state index contributed by atoms with van der Waals surface area (Å²) in [4.78, 5) is 17.1. The molecule has 35 heavy (non-hydrogen) atoms. The number of carbonyl (C=O) groups is 1. The van der Waals surface area contributed by atoms with Crippen molar-refractivity contribution in [2.24, 2.45) is 0 Å². The van der Waals surface area contributed by atoms with Gasteiger partial charge in [0.25, 0.3) is 10.0 Å². The van der Waals surface area contributed by atoms with Gasteiger partial charge < -0.3 is 14.3 Å². The number of nitrogens with zero attached hydrogens (tertiary/aromatic N) is 1. The van der Waals surface area contributed by atoms with Crippen LogP contribution in [0.4, 0.5) is 5.69 Å². The van der Waals surface area contributed by atoms with Gasteiger partial charge in [0.1, 0.15) is 21.8 Å². The van der Waals surface area contributed by atoms with Gasteiger partial charge in [0, 0.05) is 40.8 Å². The van der Waals surface area contributed by atoms with Crippen LogP contribution >= 0.6 is 0 Å². The van der Waals surface area contributed by atoms with E-state index in [0.717, 1.165) is 0 Å². The van der Waals surface area contributed by atoms with Crippen LogP contribution in [-0.4, -0.2) is 37.7 Å². The molecule has 0 aliphatic heterocycles. The van der Waals surface area contributed by atoms with Crippen LogP contribution in [0.1, 0.15) is 22.5 Å². The number of sulfonamides is 1. The Labute approximate surface area is 201 Å². The summed E-state index contributed by atoms with van der Waals surface area (Å²) in [6, 6.07) is 17.3. The van der Waals surface area contributed by atoms with E-state index in [1.807, 2.05) is 6.07 Å². The predicted octanol–water partition coefficient (Wildman–Crippen LogP) is 4.78. The molecule has 0 aliphatic carbocycles. The highest BCUT2D eigenvalue weighted by Crippen LogP contribution is 2.38. The summed E-state index contributed by atoms with van der Waals surface area (Å²) >= 11 is 0. The molecule has 0 aliphatic rings. The molecule has 5 aromatic rings. The average Bonchev–Trinajstić information content (AvgIpc) is 3.19. The molecule has 0 radical (unpaired) electrons. The summed E-state index contributed by atoms with van der Waals surface area (Å²) in [7, 11) is -4.03. The van der Waals surface area contributed by atoms with Crippen LogP contribution in [0.3, 0.4) is 0 Å². The zero-order valence-corrected chi connectivity index (χ0v) is 19.6. The summed E-state index contributed by atoms with van der Waals surface area (Å²) in [5.74, 6) is -0.241. The first-order valence-corrected chi connectivity index (χ1v) is 12.5. The summed E-state index contributed by atoms with van der Waals surface area (Å²) in [5.41, 5.74) is 1.34. The lowest BCUT2D eigenvalue weighted by Crippen LogP contribution is -2.14. The molecule has 2 aromatic heterocycles. The van der Waals surface area contributed by atoms with Crippen molar-refractivity contribution in [1.82, 2.24) is 4.98 Å². The number of hydrogen-bond acceptors (Lipinski definition) is 7. The minimum atomic E-state index is -4.03. The minimum Gasteiger partial charge on any atom is -0.462 e. The predicted molar refractivity (Wildman–Crippen MR) is 133 cm³/mol. The fraction of sp³-hybridized carbons (Fsp3) is 0.154. The standard InChI is InChI=1S/C26H22N2O6S/c1-16-23(26(30)33-14-6-13-29)20-15-21(18-9-2-3-10-19(18)25(20)34-16)28-35(31,32)22-11-4-7-17-8-5-12-27-24(17)22/h2-5,7-12,15,28-29H,6,13-14H2,1H3. The number of aliphatic hydroxyl groups is 1. The Hall–Kier alpha value is -3.95. The lowest BCUT2D eigenvalue weighted by molar-refractivity contribution is 0.0482. The Morgan fingerprint density at radius 2 is 1.83 bits per heavy atom. The van der Waals surface area contributed by atoms with Crippen LogP contribution in [0, 0.1) is 6.92 Å². The van der Waals surface area contributed by atoms with E-state index in [2.05, 4.69) is 9.71 Å². The number of aromatic nitrogens is 1. The number of aliphatic hydroxyl groups excluding tert-OH is 1. The Kier molecular flexibility index (Phi) is 5.88. The number of esters is 1. The van der Waals surface area contributed by atoms with E-state index < -0.39 is 16.0 Å². The number of aryl methyl sites for hydroxylation is 1. The second-order valence-corrected chi connectivity index (χ2v) is 9.68. The van der Waals surface area contributed by atoms with Gasteiger partial charge in [0.15, 0.2) is 0 Å². The van der Waals surface area contributed by atoms with Gasteiger partial charge >= 0.3 is 5.97 Å². The van der Waals surface area contributed by atoms with Crippen LogP contribution in [-0.2, 0) is 14.8 Å². The third-order valence-corrected chi connectivity index (χ3v) is 7.14. The highest BCUT2D eigenvalue weighted by Gasteiger charge is 2.25. The Bertz CT molecular complexity index is 1690. The van der Waals surface area contributed by atoms with Gasteiger partial charge in [-0.3, -0.25) is 9.71 Å². The third kappa shape index (κ3) is 4.09. The van der Waals surface area contributed by atoms with E-state index in [4.69, 9.17) is 14.3 Å². The smallest absolute Gasteiger partial charge is 0.342 e. The molecule has 0 bridgehead atoms. The van der Waals surface area contributed by atoms with Crippen molar-refractivity contribution in [3.8, 4) is 0 Å². The summed E-state index contributed by atoms with van der Waals surface area (Å²) in [5, 5.41) is 11.4. The quantitative estimate of drug-likeness (QED) is 0.249. The van der Waals surface area contributed by atoms with Gasteiger partial charge in [-0.1, -0.05) is 42.5 Å². The maximum Gasteiger partial charge on any atom is 0.342 e. The Balaban J connectivity index is 1.67. The van der Waals surface area contributed by atoms with Crippen molar-refractivity contribution in [3.63, 3.8) is 0 Å². The largest absolute Gasteiger partial charge is 0.462 e. The molecule has 2 N–H and O–H groups in total. The third-order valence-electron chi connectivity index (χ3n) is 5.74. The Morgan fingerprint density at radius 3 is 2.63 bits per heavy atom. The zero-order chi connectivity index (χ0) is 24.6. The number of para-hydroxylation sites is 1. The first-order chi connectivity index (χ1) is 16.9. The first kappa shape index (κ1) is 22.8. The normalized spacial score (nSPS) is 11.8. The monoisotopic (exact) mass is 490 g/mol. The van der Waals surface area contributed by atoms with E-state index in [1.54, 1.807) is 61.7 Å². The second-order valence-electron chi connectivity index (χ2n) is 8.03. The lowest BCUT2D eigenvalue weighted by atomic mass is 10.0. The molecule has 0 amide bonds. The molecule has 0 saturated heterocycles. The number of pyridine rings is 1. The van der Waals surface area contributed by atoms with Crippen molar-refractivity contribution in [2.75, 3.05) is 17.9 Å². The van der Waals surface area contributed by atoms with E-state index in [9.17, 15) is 13.2 Å². The topological polar surface area (TPSA) is 119 Å². The fourth-order valence-electron chi connectivity index (χ4n) is 4.17. The highest BCUT2D eigenvalue weighted by atomic mass is 32.2. The van der Waals surface area contributed by atoms with E-state index in [1.165, 1.54) is 6.07 Å². The van der Waals surface area contributed by atoms with Crippen molar-refractivity contribution < 1.29 is 27.5 Å². The van der Waals surface area contributed by atoms with Gasteiger partial charge in [-0.25, -0.2) is 13.2 Å². The van der Waals surface area contributed by atoms with Crippen molar-refractivity contribution in [1.29, 1.82) is 0 Å². The SMILES string of the molecule is Cc1oc2c(cc(NS(=O)(=O)c3cccc4cccnc34)c3ccccc32)c1C(=O)OCCCO. The van der Waals surface area contributed by atoms with Crippen LogP contribution in [0.2, 0.25) is 0 Å². The molecule has 178 valence electrons. The van der Waals surface area contributed by atoms with E-state index >= 15 is 0 Å². The van der Waals surface area contributed by atoms with Gasteiger partial charge in [-0.2, -0.15) is 0 Å². The van der Waals surface area contributed by atoms with Crippen LogP contribution in [0.25, 0.3) is 32.6 Å². The number of fused-ring (bicyclic) bond motifs is 4. The number of furan rings is 1. The number of ether oxygens (including phenoxy) is 1. The number of hydrogen-bond donors (Lipinski definition) is 2. The number of carbonyl (C=O) groups excluding carboxylic acids is 1. The molecule has 5 rings (SSSR count). The number of rotatable bonds is 7. The molecular weight excluding hydrogens is 468 g/mol. The molecule has 0 spiro atoms. The molecule has 0 saturated carbocycles. The summed E-state index contributed by atoms with van der Waals surface area (Å²) < 4.78 is 40.9. The van der Waals surface area contributed by atoms with Crippen molar-refractivity contribution in [3.05, 3.63) is 78.2 Å². The molecule has 8 nitrogen and oxygen atoms in total. The second kappa shape index (κ2) is 9.01. The van der Waals surface area contributed by atoms with Crippen LogP contribution in [0.15, 0.2) is 76.2 Å². The molecule has 0 atom stereocenters. The molecule has 0 fully saturated rings. The maximum absolute atomic E-state index is 13.5. The number of anilines is 1. The molecular formula is C26H22N2O6S. The van der Waals surface area contributed by atoms with E-state index in [0.29, 0.717) is 50.5 Å². The fourth-order valence-corrected chi connectivity index (χ4v) is 5.42. The zero-order valence-electron chi connectivity index (χ0n) is 18.8. The molecule has 9 heteroatoms. The average molecular weight is 491 g/mol. The van der Waals surface area contributed by atoms with Crippen LogP contribution < -0.4 is 4.72 Å². The van der Waals surface area contributed by atoms with Gasteiger partial charge in [0.05, 0.1) is 17.8 Å². The first-order valence-electron chi connectivity index (χ1n) is 11.0. The molecule has 2 heterocycles. The Morgan fingerprint density at radius 1 is 1.06 bits per heavy atom. The number of nitrogens with one attached hydrogen (secondary N) is 1. The number of benzene rings is 3. The van der Waals surface area contributed by atoms with Gasteiger partial charge in [-0.05, 0) is 25.1 Å². The van der Waals surface area contributed by atoms with Crippen molar-refractivity contribution >= 4 is 54.3 Å².